The van der Waals surface area contributed by atoms with E-state index < -0.39 is 30.0 Å². The molecule has 9 heteroatoms. The second kappa shape index (κ2) is 8.15. The highest BCUT2D eigenvalue weighted by Gasteiger charge is 2.33. The number of nitrogens with one attached hydrogen (secondary N) is 1. The molecular weight excluding hydrogens is 370 g/mol. The normalized spacial score (nSPS) is 11.1. The van der Waals surface area contributed by atoms with Gasteiger partial charge in [0.2, 0.25) is 5.75 Å². The Morgan fingerprint density at radius 3 is 2.07 bits per heavy atom. The number of rotatable bonds is 6. The fourth-order valence-corrected chi connectivity index (χ4v) is 2.46. The first-order chi connectivity index (χ1) is 12.7. The number of benzene rings is 2. The van der Waals surface area contributed by atoms with E-state index >= 15 is 0 Å². The molecule has 0 radical (unpaired) electrons. The van der Waals surface area contributed by atoms with Crippen molar-refractivity contribution in [3.05, 3.63) is 52.8 Å². The molecule has 146 valence electrons. The number of hydrogen-bond acceptors (Lipinski definition) is 4. The zero-order chi connectivity index (χ0) is 20.2. The summed E-state index contributed by atoms with van der Waals surface area (Å²) < 4.78 is 67.7. The minimum absolute atomic E-state index is 0.0974. The van der Waals surface area contributed by atoms with E-state index in [9.17, 15) is 22.4 Å². The Labute approximate surface area is 152 Å². The zero-order valence-corrected chi connectivity index (χ0v) is 14.7. The monoisotopic (exact) mass is 387 g/mol. The number of ether oxygens (including phenoxy) is 3. The lowest BCUT2D eigenvalue weighted by Gasteiger charge is -2.15. The fourth-order valence-electron chi connectivity index (χ4n) is 2.46. The van der Waals surface area contributed by atoms with E-state index in [-0.39, 0.29) is 28.4 Å². The maximum atomic E-state index is 13.2. The summed E-state index contributed by atoms with van der Waals surface area (Å²) in [5, 5.41) is 2.37. The molecule has 2 aromatic carbocycles. The fraction of sp³-hybridized carbons (Fsp3) is 0.278. The van der Waals surface area contributed by atoms with Crippen molar-refractivity contribution in [2.45, 2.75) is 12.7 Å². The van der Waals surface area contributed by atoms with Crippen molar-refractivity contribution in [2.75, 3.05) is 21.3 Å². The zero-order valence-electron chi connectivity index (χ0n) is 14.7. The summed E-state index contributed by atoms with van der Waals surface area (Å²) in [6.07, 6.45) is -4.74. The van der Waals surface area contributed by atoms with Gasteiger partial charge in [0.05, 0.1) is 26.9 Å². The number of carbonyl (C=O) groups is 1. The van der Waals surface area contributed by atoms with Crippen molar-refractivity contribution < 1.29 is 36.6 Å². The van der Waals surface area contributed by atoms with Crippen molar-refractivity contribution in [2.24, 2.45) is 0 Å². The summed E-state index contributed by atoms with van der Waals surface area (Å²) in [5.74, 6) is -0.956. The van der Waals surface area contributed by atoms with E-state index in [1.54, 1.807) is 0 Å². The molecule has 0 saturated carbocycles. The molecule has 27 heavy (non-hydrogen) atoms. The molecule has 1 amide bonds. The highest BCUT2D eigenvalue weighted by Crippen LogP contribution is 2.38. The predicted molar refractivity (Wildman–Crippen MR) is 88.7 cm³/mol. The molecule has 0 atom stereocenters. The minimum atomic E-state index is -4.74. The Kier molecular flexibility index (Phi) is 6.14. The maximum Gasteiger partial charge on any atom is 0.416 e. The summed E-state index contributed by atoms with van der Waals surface area (Å²) in [6.45, 7) is -0.440. The molecule has 0 aliphatic carbocycles. The SMILES string of the molecule is COc1cc(C(=O)NCc2ccc(F)cc2C(F)(F)F)cc(OC)c1OC. The summed E-state index contributed by atoms with van der Waals surface area (Å²) in [7, 11) is 4.13. The van der Waals surface area contributed by atoms with E-state index in [2.05, 4.69) is 5.32 Å². The van der Waals surface area contributed by atoms with Crippen molar-refractivity contribution in [1.82, 2.24) is 5.32 Å². The molecule has 0 aliphatic rings. The van der Waals surface area contributed by atoms with Gasteiger partial charge in [-0.05, 0) is 29.8 Å². The summed E-state index contributed by atoms with van der Waals surface area (Å²) in [6, 6.07) is 5.00. The van der Waals surface area contributed by atoms with E-state index in [0.29, 0.717) is 6.07 Å². The van der Waals surface area contributed by atoms with Gasteiger partial charge in [0, 0.05) is 12.1 Å². The van der Waals surface area contributed by atoms with Gasteiger partial charge in [0.1, 0.15) is 5.82 Å². The van der Waals surface area contributed by atoms with Gasteiger partial charge in [0.15, 0.2) is 11.5 Å². The maximum absolute atomic E-state index is 13.2. The van der Waals surface area contributed by atoms with Crippen molar-refractivity contribution >= 4 is 5.91 Å². The molecule has 0 unspecified atom stereocenters. The molecule has 0 bridgehead atoms. The van der Waals surface area contributed by atoms with Gasteiger partial charge in [-0.25, -0.2) is 4.39 Å². The van der Waals surface area contributed by atoms with Crippen LogP contribution >= 0.6 is 0 Å². The number of hydrogen-bond donors (Lipinski definition) is 1. The lowest BCUT2D eigenvalue weighted by Crippen LogP contribution is -2.24. The first-order valence-corrected chi connectivity index (χ1v) is 7.65. The van der Waals surface area contributed by atoms with Gasteiger partial charge in [0.25, 0.3) is 5.91 Å². The van der Waals surface area contributed by atoms with Crippen LogP contribution in [0.1, 0.15) is 21.5 Å². The molecular formula is C18H17F4NO4. The molecule has 0 aliphatic heterocycles. The Morgan fingerprint density at radius 2 is 1.59 bits per heavy atom. The van der Waals surface area contributed by atoms with Crippen molar-refractivity contribution in [1.29, 1.82) is 0 Å². The summed E-state index contributed by atoms with van der Waals surface area (Å²) in [5.41, 5.74) is -1.31. The molecule has 2 aromatic rings. The van der Waals surface area contributed by atoms with E-state index in [1.807, 2.05) is 0 Å². The van der Waals surface area contributed by atoms with Gasteiger partial charge < -0.3 is 19.5 Å². The topological polar surface area (TPSA) is 56.8 Å². The predicted octanol–water partition coefficient (Wildman–Crippen LogP) is 3.80. The number of amides is 1. The van der Waals surface area contributed by atoms with Crippen LogP contribution < -0.4 is 19.5 Å². The number of alkyl halides is 3. The first-order valence-electron chi connectivity index (χ1n) is 7.65. The third kappa shape index (κ3) is 4.60. The van der Waals surface area contributed by atoms with E-state index in [1.165, 1.54) is 33.5 Å². The van der Waals surface area contributed by atoms with Gasteiger partial charge >= 0.3 is 6.18 Å². The third-order valence-corrected chi connectivity index (χ3v) is 3.74. The molecule has 1 N–H and O–H groups in total. The highest BCUT2D eigenvalue weighted by atomic mass is 19.4. The molecule has 0 fully saturated rings. The molecule has 0 heterocycles. The van der Waals surface area contributed by atoms with Crippen LogP contribution in [0.2, 0.25) is 0 Å². The van der Waals surface area contributed by atoms with Gasteiger partial charge in [-0.1, -0.05) is 6.07 Å². The molecule has 0 aromatic heterocycles. The van der Waals surface area contributed by atoms with Crippen LogP contribution in [-0.4, -0.2) is 27.2 Å². The molecule has 0 spiro atoms. The lowest BCUT2D eigenvalue weighted by molar-refractivity contribution is -0.138. The lowest BCUT2D eigenvalue weighted by atomic mass is 10.1. The van der Waals surface area contributed by atoms with Crippen LogP contribution in [0.25, 0.3) is 0 Å². The van der Waals surface area contributed by atoms with Crippen LogP contribution in [0, 0.1) is 5.82 Å². The van der Waals surface area contributed by atoms with E-state index in [4.69, 9.17) is 14.2 Å². The van der Waals surface area contributed by atoms with Gasteiger partial charge in [-0.15, -0.1) is 0 Å². The van der Waals surface area contributed by atoms with Crippen molar-refractivity contribution in [3.8, 4) is 17.2 Å². The number of halogens is 4. The van der Waals surface area contributed by atoms with E-state index in [0.717, 1.165) is 12.1 Å². The minimum Gasteiger partial charge on any atom is -0.493 e. The number of carbonyl (C=O) groups excluding carboxylic acids is 1. The van der Waals surface area contributed by atoms with Crippen LogP contribution in [-0.2, 0) is 12.7 Å². The Bertz CT molecular complexity index is 812. The van der Waals surface area contributed by atoms with Crippen LogP contribution in [0.4, 0.5) is 17.6 Å². The van der Waals surface area contributed by atoms with Crippen LogP contribution in [0.5, 0.6) is 17.2 Å². The molecule has 5 nitrogen and oxygen atoms in total. The number of methoxy groups -OCH3 is 3. The Hall–Kier alpha value is -2.97. The second-order valence-electron chi connectivity index (χ2n) is 5.40. The standard InChI is InChI=1S/C18H17F4NO4/c1-25-14-6-11(7-15(26-2)16(14)27-3)17(24)23-9-10-4-5-12(19)8-13(10)18(20,21)22/h4-8H,9H2,1-3H3,(H,23,24). The quantitative estimate of drug-likeness (QED) is 0.766. The Balaban J connectivity index is 2.27. The summed E-state index contributed by atoms with van der Waals surface area (Å²) >= 11 is 0. The van der Waals surface area contributed by atoms with Crippen LogP contribution in [0.15, 0.2) is 30.3 Å². The molecule has 2 rings (SSSR count). The molecule has 0 saturated heterocycles. The summed E-state index contributed by atoms with van der Waals surface area (Å²) in [4.78, 5) is 12.4. The van der Waals surface area contributed by atoms with Gasteiger partial charge in [-0.3, -0.25) is 4.79 Å². The third-order valence-electron chi connectivity index (χ3n) is 3.74. The average Bonchev–Trinajstić information content (AvgIpc) is 2.64. The highest BCUT2D eigenvalue weighted by molar-refractivity contribution is 5.95. The Morgan fingerprint density at radius 1 is 1.00 bits per heavy atom. The average molecular weight is 387 g/mol. The van der Waals surface area contributed by atoms with Crippen molar-refractivity contribution in [3.63, 3.8) is 0 Å². The van der Waals surface area contributed by atoms with Gasteiger partial charge in [-0.2, -0.15) is 13.2 Å². The van der Waals surface area contributed by atoms with Crippen LogP contribution in [0.3, 0.4) is 0 Å². The largest absolute Gasteiger partial charge is 0.493 e. The second-order valence-corrected chi connectivity index (χ2v) is 5.40. The first kappa shape index (κ1) is 20.3. The smallest absolute Gasteiger partial charge is 0.416 e.